The average Bonchev–Trinajstić information content (AvgIpc) is 2.42. The number of hydrogen-bond acceptors (Lipinski definition) is 1. The smallest absolute Gasteiger partial charge is 0.123 e. The molecule has 19 heavy (non-hydrogen) atoms. The Labute approximate surface area is 113 Å². The van der Waals surface area contributed by atoms with E-state index >= 15 is 0 Å². The van der Waals surface area contributed by atoms with E-state index in [0.29, 0.717) is 0 Å². The quantitative estimate of drug-likeness (QED) is 0.791. The zero-order valence-corrected chi connectivity index (χ0v) is 11.2. The average molecular weight is 255 g/mol. The lowest BCUT2D eigenvalue weighted by atomic mass is 9.97. The van der Waals surface area contributed by atoms with Crippen molar-refractivity contribution in [3.8, 4) is 0 Å². The molecule has 0 amide bonds. The lowest BCUT2D eigenvalue weighted by Gasteiger charge is -2.29. The van der Waals surface area contributed by atoms with Crippen molar-refractivity contribution in [2.75, 3.05) is 6.54 Å². The Balaban J connectivity index is 1.72. The lowest BCUT2D eigenvalue weighted by molar-refractivity contribution is 0.245. The molecule has 2 heteroatoms. The van der Waals surface area contributed by atoms with Crippen LogP contribution in [0.2, 0.25) is 0 Å². The minimum absolute atomic E-state index is 0.164. The number of fused-ring (bicyclic) bond motifs is 1. The van der Waals surface area contributed by atoms with Crippen LogP contribution < -0.4 is 0 Å². The Morgan fingerprint density at radius 1 is 1.05 bits per heavy atom. The van der Waals surface area contributed by atoms with Gasteiger partial charge >= 0.3 is 0 Å². The third-order valence-corrected chi connectivity index (χ3v) is 3.77. The number of halogens is 1. The molecule has 1 heterocycles. The summed E-state index contributed by atoms with van der Waals surface area (Å²) in [5, 5.41) is 0. The van der Waals surface area contributed by atoms with E-state index in [9.17, 15) is 4.39 Å². The highest BCUT2D eigenvalue weighted by atomic mass is 19.1. The van der Waals surface area contributed by atoms with E-state index in [1.807, 2.05) is 12.1 Å². The fraction of sp³-hybridized carbons (Fsp3) is 0.294. The Morgan fingerprint density at radius 3 is 2.63 bits per heavy atom. The highest BCUT2D eigenvalue weighted by Crippen LogP contribution is 2.21. The standard InChI is InChI=1S/C17H18FN/c1-13-2-5-16-12-19(9-8-15(16)10-13)11-14-3-6-17(18)7-4-14/h2-7,10H,8-9,11-12H2,1H3. The Hall–Kier alpha value is -1.67. The van der Waals surface area contributed by atoms with Gasteiger partial charge in [0.2, 0.25) is 0 Å². The third-order valence-electron chi connectivity index (χ3n) is 3.77. The minimum Gasteiger partial charge on any atom is -0.294 e. The molecule has 0 bridgehead atoms. The van der Waals surface area contributed by atoms with Crippen molar-refractivity contribution in [1.82, 2.24) is 4.90 Å². The van der Waals surface area contributed by atoms with Gasteiger partial charge in [-0.05, 0) is 42.2 Å². The van der Waals surface area contributed by atoms with Crippen molar-refractivity contribution in [2.24, 2.45) is 0 Å². The van der Waals surface area contributed by atoms with E-state index in [1.54, 1.807) is 0 Å². The summed E-state index contributed by atoms with van der Waals surface area (Å²) in [6, 6.07) is 13.5. The third kappa shape index (κ3) is 2.85. The van der Waals surface area contributed by atoms with Crippen LogP contribution in [0, 0.1) is 12.7 Å². The minimum atomic E-state index is -0.164. The fourth-order valence-electron chi connectivity index (χ4n) is 2.72. The van der Waals surface area contributed by atoms with Crippen LogP contribution in [-0.2, 0) is 19.5 Å². The molecule has 0 aliphatic carbocycles. The summed E-state index contributed by atoms with van der Waals surface area (Å²) in [7, 11) is 0. The molecule has 98 valence electrons. The topological polar surface area (TPSA) is 3.24 Å². The van der Waals surface area contributed by atoms with Gasteiger partial charge in [-0.3, -0.25) is 4.90 Å². The van der Waals surface area contributed by atoms with Gasteiger partial charge in [0, 0.05) is 19.6 Å². The first-order valence-corrected chi connectivity index (χ1v) is 6.76. The molecule has 2 aromatic carbocycles. The van der Waals surface area contributed by atoms with Crippen LogP contribution in [0.5, 0.6) is 0 Å². The summed E-state index contributed by atoms with van der Waals surface area (Å²) in [6.07, 6.45) is 1.11. The van der Waals surface area contributed by atoms with Crippen LogP contribution in [0.4, 0.5) is 4.39 Å². The van der Waals surface area contributed by atoms with Crippen LogP contribution >= 0.6 is 0 Å². The molecule has 1 aliphatic rings. The molecule has 0 N–H and O–H groups in total. The molecule has 1 aliphatic heterocycles. The molecule has 0 unspecified atom stereocenters. The summed E-state index contributed by atoms with van der Waals surface area (Å²) in [5.74, 6) is -0.164. The van der Waals surface area contributed by atoms with Gasteiger partial charge in [-0.15, -0.1) is 0 Å². The second kappa shape index (κ2) is 5.14. The molecule has 0 atom stereocenters. The molecular weight excluding hydrogens is 237 g/mol. The van der Waals surface area contributed by atoms with Gasteiger partial charge in [0.1, 0.15) is 5.82 Å². The van der Waals surface area contributed by atoms with Crippen molar-refractivity contribution in [3.63, 3.8) is 0 Å². The van der Waals surface area contributed by atoms with Gasteiger partial charge in [-0.1, -0.05) is 35.9 Å². The van der Waals surface area contributed by atoms with Gasteiger partial charge in [0.25, 0.3) is 0 Å². The van der Waals surface area contributed by atoms with Crippen molar-refractivity contribution in [2.45, 2.75) is 26.4 Å². The Bertz CT molecular complexity index is 574. The molecule has 1 nitrogen and oxygen atoms in total. The predicted molar refractivity (Wildman–Crippen MR) is 75.4 cm³/mol. The number of rotatable bonds is 2. The van der Waals surface area contributed by atoms with E-state index in [4.69, 9.17) is 0 Å². The number of hydrogen-bond donors (Lipinski definition) is 0. The van der Waals surface area contributed by atoms with E-state index in [0.717, 1.165) is 26.1 Å². The number of nitrogens with zero attached hydrogens (tertiary/aromatic N) is 1. The molecule has 0 fully saturated rings. The summed E-state index contributed by atoms with van der Waals surface area (Å²) in [4.78, 5) is 2.42. The zero-order chi connectivity index (χ0) is 13.2. The maximum Gasteiger partial charge on any atom is 0.123 e. The molecule has 2 aromatic rings. The maximum atomic E-state index is 12.9. The van der Waals surface area contributed by atoms with E-state index in [-0.39, 0.29) is 5.82 Å². The van der Waals surface area contributed by atoms with Crippen LogP contribution in [0.3, 0.4) is 0 Å². The zero-order valence-electron chi connectivity index (χ0n) is 11.2. The SMILES string of the molecule is Cc1ccc2c(c1)CCN(Cc1ccc(F)cc1)C2. The van der Waals surface area contributed by atoms with Gasteiger partial charge in [0.15, 0.2) is 0 Å². The largest absolute Gasteiger partial charge is 0.294 e. The van der Waals surface area contributed by atoms with Crippen LogP contribution in [0.25, 0.3) is 0 Å². The highest BCUT2D eigenvalue weighted by Gasteiger charge is 2.16. The highest BCUT2D eigenvalue weighted by molar-refractivity contribution is 5.33. The van der Waals surface area contributed by atoms with E-state index < -0.39 is 0 Å². The second-order valence-electron chi connectivity index (χ2n) is 5.36. The number of benzene rings is 2. The molecule has 0 saturated carbocycles. The molecule has 0 radical (unpaired) electrons. The molecule has 0 spiro atoms. The van der Waals surface area contributed by atoms with Crippen molar-refractivity contribution in [1.29, 1.82) is 0 Å². The predicted octanol–water partition coefficient (Wildman–Crippen LogP) is 3.69. The van der Waals surface area contributed by atoms with Gasteiger partial charge in [0.05, 0.1) is 0 Å². The summed E-state index contributed by atoms with van der Waals surface area (Å²) in [5.41, 5.74) is 5.43. The first kappa shape index (κ1) is 12.4. The van der Waals surface area contributed by atoms with E-state index in [1.165, 1.54) is 34.4 Å². The van der Waals surface area contributed by atoms with Gasteiger partial charge in [-0.2, -0.15) is 0 Å². The maximum absolute atomic E-state index is 12.9. The monoisotopic (exact) mass is 255 g/mol. The normalized spacial score (nSPS) is 15.3. The summed E-state index contributed by atoms with van der Waals surface area (Å²) in [6.45, 7) is 5.11. The first-order chi connectivity index (χ1) is 9.20. The van der Waals surface area contributed by atoms with Crippen LogP contribution in [0.15, 0.2) is 42.5 Å². The van der Waals surface area contributed by atoms with E-state index in [2.05, 4.69) is 30.0 Å². The molecule has 0 saturated heterocycles. The molecule has 3 rings (SSSR count). The fourth-order valence-corrected chi connectivity index (χ4v) is 2.72. The summed E-state index contributed by atoms with van der Waals surface area (Å²) < 4.78 is 12.9. The molecular formula is C17H18FN. The van der Waals surface area contributed by atoms with Crippen molar-refractivity contribution < 1.29 is 4.39 Å². The number of aryl methyl sites for hydroxylation is 1. The van der Waals surface area contributed by atoms with Crippen LogP contribution in [0.1, 0.15) is 22.3 Å². The lowest BCUT2D eigenvalue weighted by Crippen LogP contribution is -2.30. The van der Waals surface area contributed by atoms with Crippen molar-refractivity contribution >= 4 is 0 Å². The van der Waals surface area contributed by atoms with Crippen molar-refractivity contribution in [3.05, 3.63) is 70.5 Å². The second-order valence-corrected chi connectivity index (χ2v) is 5.36. The Kier molecular flexibility index (Phi) is 3.34. The van der Waals surface area contributed by atoms with Gasteiger partial charge < -0.3 is 0 Å². The van der Waals surface area contributed by atoms with Crippen LogP contribution in [-0.4, -0.2) is 11.4 Å². The van der Waals surface area contributed by atoms with Gasteiger partial charge in [-0.25, -0.2) is 4.39 Å². The molecule has 0 aromatic heterocycles. The first-order valence-electron chi connectivity index (χ1n) is 6.76. The Morgan fingerprint density at radius 2 is 1.84 bits per heavy atom. The summed E-state index contributed by atoms with van der Waals surface area (Å²) >= 11 is 0.